The van der Waals surface area contributed by atoms with Crippen molar-refractivity contribution in [1.29, 1.82) is 0 Å². The molecule has 1 aromatic rings. The first-order chi connectivity index (χ1) is 11.9. The number of rotatable bonds is 10. The molecule has 7 nitrogen and oxygen atoms in total. The van der Waals surface area contributed by atoms with Crippen molar-refractivity contribution in [1.82, 2.24) is 9.88 Å². The molecule has 7 heteroatoms. The largest absolute Gasteiger partial charge is 0.481 e. The third-order valence-electron chi connectivity index (χ3n) is 4.48. The van der Waals surface area contributed by atoms with Gasteiger partial charge in [-0.25, -0.2) is 4.98 Å². The molecule has 2 heterocycles. The summed E-state index contributed by atoms with van der Waals surface area (Å²) >= 11 is 0. The maximum atomic E-state index is 12.4. The summed E-state index contributed by atoms with van der Waals surface area (Å²) in [6.07, 6.45) is 4.31. The van der Waals surface area contributed by atoms with Crippen LogP contribution in [0.2, 0.25) is 0 Å². The number of ketones is 1. The van der Waals surface area contributed by atoms with E-state index >= 15 is 0 Å². The first-order valence-electron chi connectivity index (χ1n) is 8.44. The first-order valence-corrected chi connectivity index (χ1v) is 8.44. The van der Waals surface area contributed by atoms with Gasteiger partial charge in [-0.1, -0.05) is 12.5 Å². The van der Waals surface area contributed by atoms with Crippen molar-refractivity contribution in [3.05, 3.63) is 23.9 Å². The minimum absolute atomic E-state index is 0.0232. The summed E-state index contributed by atoms with van der Waals surface area (Å²) in [6.45, 7) is 2.11. The summed E-state index contributed by atoms with van der Waals surface area (Å²) in [5.74, 6) is -0.455. The van der Waals surface area contributed by atoms with E-state index in [2.05, 4.69) is 4.98 Å². The van der Waals surface area contributed by atoms with E-state index in [-0.39, 0.29) is 24.0 Å². The second-order valence-electron chi connectivity index (χ2n) is 6.38. The number of carbonyl (C=O) groups excluding carboxylic acids is 2. The molecule has 1 fully saturated rings. The predicted molar refractivity (Wildman–Crippen MR) is 90.1 cm³/mol. The summed E-state index contributed by atoms with van der Waals surface area (Å²) in [5.41, 5.74) is 0.687. The van der Waals surface area contributed by atoms with Crippen molar-refractivity contribution in [2.45, 2.75) is 45.1 Å². The van der Waals surface area contributed by atoms with E-state index in [0.717, 1.165) is 19.3 Å². The van der Waals surface area contributed by atoms with Crippen LogP contribution in [0.4, 0.5) is 0 Å². The molecule has 2 atom stereocenters. The number of β-lactam (4-membered cyclic amide) rings is 1. The topological polar surface area (TPSA) is 96.8 Å². The predicted octanol–water partition coefficient (Wildman–Crippen LogP) is 2.21. The number of methoxy groups -OCH3 is 1. The summed E-state index contributed by atoms with van der Waals surface area (Å²) in [6, 6.07) is 2.89. The lowest BCUT2D eigenvalue weighted by Gasteiger charge is -2.43. The zero-order valence-electron chi connectivity index (χ0n) is 14.6. The zero-order chi connectivity index (χ0) is 18.4. The Morgan fingerprint density at radius 3 is 2.68 bits per heavy atom. The van der Waals surface area contributed by atoms with Gasteiger partial charge < -0.3 is 19.5 Å². The highest BCUT2D eigenvalue weighted by Gasteiger charge is 2.41. The molecular weight excluding hydrogens is 324 g/mol. The molecule has 1 N–H and O–H groups in total. The van der Waals surface area contributed by atoms with Gasteiger partial charge in [-0.15, -0.1) is 0 Å². The molecular formula is C18H24N2O5. The molecule has 1 aliphatic heterocycles. The van der Waals surface area contributed by atoms with Gasteiger partial charge in [0.15, 0.2) is 0 Å². The van der Waals surface area contributed by atoms with Gasteiger partial charge in [-0.3, -0.25) is 9.59 Å². The van der Waals surface area contributed by atoms with Crippen molar-refractivity contribution >= 4 is 17.7 Å². The molecule has 1 aromatic heterocycles. The minimum atomic E-state index is -0.960. The summed E-state index contributed by atoms with van der Waals surface area (Å²) in [4.78, 5) is 40.3. The van der Waals surface area contributed by atoms with Crippen molar-refractivity contribution in [2.75, 3.05) is 13.7 Å². The Bertz CT molecular complexity index is 629. The molecule has 136 valence electrons. The van der Waals surface area contributed by atoms with Crippen LogP contribution in [0.5, 0.6) is 5.88 Å². The van der Waals surface area contributed by atoms with Gasteiger partial charge in [0.25, 0.3) is 0 Å². The normalized spacial score (nSPS) is 17.8. The second-order valence-corrected chi connectivity index (χ2v) is 6.38. The standard InChI is InChI=1S/C18H24N2O5/c1-12(21)5-3-4-6-14-11-20(18(14)24)15(9-17(22)23)13-7-8-16(25-2)19-10-13/h7-8,10,14-15H,3-6,9,11H2,1-2H3,(H,22,23). The van der Waals surface area contributed by atoms with Crippen molar-refractivity contribution in [2.24, 2.45) is 5.92 Å². The van der Waals surface area contributed by atoms with Crippen LogP contribution in [0.1, 0.15) is 50.6 Å². The highest BCUT2D eigenvalue weighted by molar-refractivity contribution is 5.85. The van der Waals surface area contributed by atoms with Crippen LogP contribution >= 0.6 is 0 Å². The molecule has 1 amide bonds. The number of Topliss-reactive ketones (excluding diaryl/α,β-unsaturated/α-hetero) is 1. The van der Waals surface area contributed by atoms with Crippen LogP contribution in [0.25, 0.3) is 0 Å². The summed E-state index contributed by atoms with van der Waals surface area (Å²) in [5, 5.41) is 9.18. The van der Waals surface area contributed by atoms with Gasteiger partial charge in [0, 0.05) is 25.2 Å². The molecule has 2 unspecified atom stereocenters. The maximum absolute atomic E-state index is 12.4. The SMILES string of the molecule is COc1ccc(C(CC(=O)O)N2CC(CCCCC(C)=O)C2=O)cn1. The van der Waals surface area contributed by atoms with Gasteiger partial charge in [-0.2, -0.15) is 0 Å². The Morgan fingerprint density at radius 2 is 2.16 bits per heavy atom. The van der Waals surface area contributed by atoms with Crippen molar-refractivity contribution in [3.8, 4) is 5.88 Å². The molecule has 0 aliphatic carbocycles. The molecule has 2 rings (SSSR count). The Kier molecular flexibility index (Phi) is 6.50. The number of carboxylic acids is 1. The van der Waals surface area contributed by atoms with Crippen LogP contribution in [-0.2, 0) is 14.4 Å². The Balaban J connectivity index is 1.96. The van der Waals surface area contributed by atoms with E-state index in [0.29, 0.717) is 24.4 Å². The highest BCUT2D eigenvalue weighted by Crippen LogP contribution is 2.34. The van der Waals surface area contributed by atoms with Crippen LogP contribution in [0.3, 0.4) is 0 Å². The van der Waals surface area contributed by atoms with Crippen LogP contribution in [0.15, 0.2) is 18.3 Å². The number of carboxylic acid groups (broad SMARTS) is 1. The molecule has 0 spiro atoms. The van der Waals surface area contributed by atoms with Crippen LogP contribution in [0, 0.1) is 5.92 Å². The molecule has 25 heavy (non-hydrogen) atoms. The average Bonchev–Trinajstić information content (AvgIpc) is 2.58. The number of unbranched alkanes of at least 4 members (excludes halogenated alkanes) is 1. The maximum Gasteiger partial charge on any atom is 0.305 e. The van der Waals surface area contributed by atoms with Crippen LogP contribution in [-0.4, -0.2) is 46.3 Å². The number of aliphatic carboxylic acids is 1. The van der Waals surface area contributed by atoms with Crippen molar-refractivity contribution in [3.63, 3.8) is 0 Å². The summed E-state index contributed by atoms with van der Waals surface area (Å²) < 4.78 is 5.01. The van der Waals surface area contributed by atoms with E-state index in [9.17, 15) is 19.5 Å². The third-order valence-corrected chi connectivity index (χ3v) is 4.48. The number of amides is 1. The van der Waals surface area contributed by atoms with Gasteiger partial charge >= 0.3 is 5.97 Å². The number of hydrogen-bond acceptors (Lipinski definition) is 5. The van der Waals surface area contributed by atoms with Gasteiger partial charge in [-0.05, 0) is 25.3 Å². The molecule has 0 radical (unpaired) electrons. The monoisotopic (exact) mass is 348 g/mol. The fourth-order valence-corrected chi connectivity index (χ4v) is 3.07. The fraction of sp³-hybridized carbons (Fsp3) is 0.556. The number of ether oxygens (including phenoxy) is 1. The lowest BCUT2D eigenvalue weighted by atomic mass is 9.88. The molecule has 0 aromatic carbocycles. The number of carbonyl (C=O) groups is 3. The Morgan fingerprint density at radius 1 is 1.40 bits per heavy atom. The number of aromatic nitrogens is 1. The lowest BCUT2D eigenvalue weighted by Crippen LogP contribution is -2.54. The Hall–Kier alpha value is -2.44. The zero-order valence-corrected chi connectivity index (χ0v) is 14.6. The van der Waals surface area contributed by atoms with Crippen molar-refractivity contribution < 1.29 is 24.2 Å². The minimum Gasteiger partial charge on any atom is -0.481 e. The fourth-order valence-electron chi connectivity index (χ4n) is 3.07. The molecule has 1 saturated heterocycles. The number of pyridine rings is 1. The Labute approximate surface area is 147 Å². The molecule has 0 saturated carbocycles. The lowest BCUT2D eigenvalue weighted by molar-refractivity contribution is -0.154. The third kappa shape index (κ3) is 5.01. The number of likely N-dealkylation sites (tertiary alicyclic amines) is 1. The van der Waals surface area contributed by atoms with Gasteiger partial charge in [0.2, 0.25) is 11.8 Å². The van der Waals surface area contributed by atoms with E-state index < -0.39 is 12.0 Å². The second kappa shape index (κ2) is 8.60. The molecule has 0 bridgehead atoms. The summed E-state index contributed by atoms with van der Waals surface area (Å²) in [7, 11) is 1.51. The number of nitrogens with zero attached hydrogens (tertiary/aromatic N) is 2. The first kappa shape index (κ1) is 18.9. The van der Waals surface area contributed by atoms with Gasteiger partial charge in [0.05, 0.1) is 25.5 Å². The van der Waals surface area contributed by atoms with E-state index in [1.165, 1.54) is 7.11 Å². The van der Waals surface area contributed by atoms with E-state index in [4.69, 9.17) is 4.74 Å². The smallest absolute Gasteiger partial charge is 0.305 e. The number of hydrogen-bond donors (Lipinski definition) is 1. The molecule has 1 aliphatic rings. The van der Waals surface area contributed by atoms with E-state index in [1.54, 1.807) is 30.2 Å². The van der Waals surface area contributed by atoms with Crippen LogP contribution < -0.4 is 4.74 Å². The van der Waals surface area contributed by atoms with Gasteiger partial charge in [0.1, 0.15) is 5.78 Å². The quantitative estimate of drug-likeness (QED) is 0.514. The van der Waals surface area contributed by atoms with E-state index in [1.807, 2.05) is 0 Å². The highest BCUT2D eigenvalue weighted by atomic mass is 16.5. The average molecular weight is 348 g/mol.